The standard InChI is InChI=1S/C5H4N2S/c1-2-8-5-4(1)3-6-7-5/h1-3H,(H,6,7)/p+1. The Bertz CT molecular complexity index is 232. The van der Waals surface area contributed by atoms with Crippen LogP contribution in [0.2, 0.25) is 0 Å². The zero-order valence-electron chi connectivity index (χ0n) is 4.14. The predicted octanol–water partition coefficient (Wildman–Crippen LogP) is 1.04. The summed E-state index contributed by atoms with van der Waals surface area (Å²) in [6.45, 7) is 0. The summed E-state index contributed by atoms with van der Waals surface area (Å²) in [6, 6.07) is 2.08. The molecule has 2 aromatic heterocycles. The van der Waals surface area contributed by atoms with Gasteiger partial charge in [0, 0.05) is 0 Å². The molecule has 0 fully saturated rings. The van der Waals surface area contributed by atoms with Crippen LogP contribution in [0.1, 0.15) is 0 Å². The summed E-state index contributed by atoms with van der Waals surface area (Å²) in [7, 11) is 0. The molecule has 0 saturated carbocycles. The van der Waals surface area contributed by atoms with E-state index in [9.17, 15) is 0 Å². The van der Waals surface area contributed by atoms with Gasteiger partial charge in [-0.15, -0.1) is 16.4 Å². The first kappa shape index (κ1) is 4.09. The molecule has 2 nitrogen and oxygen atoms in total. The summed E-state index contributed by atoms with van der Waals surface area (Å²) < 4.78 is 0. The van der Waals surface area contributed by atoms with E-state index in [0.29, 0.717) is 0 Å². The minimum atomic E-state index is 1.21. The van der Waals surface area contributed by atoms with Gasteiger partial charge in [0.15, 0.2) is 4.83 Å². The molecule has 40 valence electrons. The van der Waals surface area contributed by atoms with Gasteiger partial charge in [-0.3, -0.25) is 0 Å². The van der Waals surface area contributed by atoms with E-state index in [2.05, 4.69) is 21.6 Å². The van der Waals surface area contributed by atoms with E-state index in [1.807, 2.05) is 6.20 Å². The Morgan fingerprint density at radius 2 is 2.62 bits per heavy atom. The van der Waals surface area contributed by atoms with Gasteiger partial charge in [-0.05, 0) is 11.4 Å². The number of hydrogen-bond acceptors (Lipinski definition) is 1. The van der Waals surface area contributed by atoms with Gasteiger partial charge in [0.25, 0.3) is 0 Å². The molecule has 0 spiro atoms. The lowest BCUT2D eigenvalue weighted by Crippen LogP contribution is -1.96. The molecular formula is C5H5N2S+. The maximum absolute atomic E-state index is 2.99. The van der Waals surface area contributed by atoms with Crippen LogP contribution in [-0.4, -0.2) is 5.10 Å². The van der Waals surface area contributed by atoms with Crippen molar-refractivity contribution in [3.8, 4) is 0 Å². The highest BCUT2D eigenvalue weighted by Gasteiger charge is 1.96. The van der Waals surface area contributed by atoms with Crippen LogP contribution in [0, 0.1) is 0 Å². The van der Waals surface area contributed by atoms with Crippen LogP contribution < -0.4 is 5.10 Å². The lowest BCUT2D eigenvalue weighted by atomic mass is 10.5. The van der Waals surface area contributed by atoms with E-state index in [-0.39, 0.29) is 0 Å². The fourth-order valence-corrected chi connectivity index (χ4v) is 1.45. The molecule has 2 N–H and O–H groups in total. The molecule has 8 heavy (non-hydrogen) atoms. The number of aromatic nitrogens is 2. The maximum Gasteiger partial charge on any atom is 0.201 e. The Labute approximate surface area is 50.2 Å². The van der Waals surface area contributed by atoms with Crippen LogP contribution >= 0.6 is 11.3 Å². The molecule has 2 rings (SSSR count). The molecule has 0 radical (unpaired) electrons. The molecule has 3 heteroatoms. The normalized spacial score (nSPS) is 10.5. The smallest absolute Gasteiger partial charge is 0.157 e. The number of hydrogen-bond donors (Lipinski definition) is 1. The summed E-state index contributed by atoms with van der Waals surface area (Å²) in [5.74, 6) is 0. The SMILES string of the molecule is c1cc2c[nH+][nH]c2s1. The first-order valence-corrected chi connectivity index (χ1v) is 3.27. The van der Waals surface area contributed by atoms with E-state index in [0.717, 1.165) is 0 Å². The lowest BCUT2D eigenvalue weighted by molar-refractivity contribution is -0.445. The Balaban J connectivity index is 3.06. The van der Waals surface area contributed by atoms with Crippen LogP contribution in [-0.2, 0) is 0 Å². The third-order valence-electron chi connectivity index (χ3n) is 1.11. The number of aromatic amines is 2. The Kier molecular flexibility index (Phi) is 0.676. The average molecular weight is 125 g/mol. The van der Waals surface area contributed by atoms with Crippen molar-refractivity contribution >= 4 is 21.6 Å². The van der Waals surface area contributed by atoms with Gasteiger partial charge >= 0.3 is 0 Å². The molecule has 2 aromatic rings. The molecule has 0 amide bonds. The molecule has 0 aliphatic heterocycles. The van der Waals surface area contributed by atoms with E-state index in [4.69, 9.17) is 0 Å². The second-order valence-electron chi connectivity index (χ2n) is 1.62. The van der Waals surface area contributed by atoms with Crippen molar-refractivity contribution in [3.63, 3.8) is 0 Å². The summed E-state index contributed by atoms with van der Waals surface area (Å²) in [4.78, 5) is 1.21. The largest absolute Gasteiger partial charge is 0.201 e. The summed E-state index contributed by atoms with van der Waals surface area (Å²) >= 11 is 1.71. The molecule has 0 atom stereocenters. The first-order chi connectivity index (χ1) is 3.97. The molecule has 0 unspecified atom stereocenters. The number of thiophene rings is 1. The van der Waals surface area contributed by atoms with Crippen LogP contribution in [0.15, 0.2) is 17.6 Å². The van der Waals surface area contributed by atoms with Crippen molar-refractivity contribution in [1.82, 2.24) is 5.10 Å². The number of fused-ring (bicyclic) bond motifs is 1. The van der Waals surface area contributed by atoms with Crippen molar-refractivity contribution in [3.05, 3.63) is 17.6 Å². The molecule has 0 saturated heterocycles. The average Bonchev–Trinajstić information content (AvgIpc) is 2.15. The van der Waals surface area contributed by atoms with Crippen molar-refractivity contribution < 1.29 is 5.10 Å². The monoisotopic (exact) mass is 125 g/mol. The van der Waals surface area contributed by atoms with Crippen molar-refractivity contribution in [2.75, 3.05) is 0 Å². The maximum atomic E-state index is 2.99. The summed E-state index contributed by atoms with van der Waals surface area (Å²) in [6.07, 6.45) is 1.95. The molecule has 0 bridgehead atoms. The number of nitrogens with one attached hydrogen (secondary N) is 2. The fourth-order valence-electron chi connectivity index (χ4n) is 0.714. The fraction of sp³-hybridized carbons (Fsp3) is 0. The topological polar surface area (TPSA) is 29.9 Å². The second-order valence-corrected chi connectivity index (χ2v) is 2.53. The molecular weight excluding hydrogens is 120 g/mol. The van der Waals surface area contributed by atoms with Crippen LogP contribution in [0.5, 0.6) is 0 Å². The highest BCUT2D eigenvalue weighted by atomic mass is 32.1. The van der Waals surface area contributed by atoms with E-state index in [1.165, 1.54) is 10.2 Å². The highest BCUT2D eigenvalue weighted by molar-refractivity contribution is 7.16. The Morgan fingerprint density at radius 1 is 1.62 bits per heavy atom. The number of H-pyrrole nitrogens is 2. The molecule has 0 aliphatic rings. The second kappa shape index (κ2) is 1.32. The van der Waals surface area contributed by atoms with Gasteiger partial charge in [0.2, 0.25) is 6.20 Å². The third-order valence-corrected chi connectivity index (χ3v) is 1.95. The van der Waals surface area contributed by atoms with Crippen LogP contribution in [0.25, 0.3) is 10.2 Å². The van der Waals surface area contributed by atoms with Gasteiger partial charge in [-0.2, -0.15) is 5.10 Å². The van der Waals surface area contributed by atoms with Crippen molar-refractivity contribution in [2.24, 2.45) is 0 Å². The molecule has 0 aliphatic carbocycles. The predicted molar refractivity (Wildman–Crippen MR) is 32.7 cm³/mol. The number of rotatable bonds is 0. The minimum Gasteiger partial charge on any atom is -0.157 e. The van der Waals surface area contributed by atoms with Gasteiger partial charge in [-0.25, -0.2) is 0 Å². The van der Waals surface area contributed by atoms with E-state index < -0.39 is 0 Å². The van der Waals surface area contributed by atoms with Gasteiger partial charge < -0.3 is 0 Å². The third kappa shape index (κ3) is 0.391. The molecule has 0 aromatic carbocycles. The summed E-state index contributed by atoms with van der Waals surface area (Å²) in [5, 5.41) is 9.22. The van der Waals surface area contributed by atoms with Gasteiger partial charge in [0.1, 0.15) is 0 Å². The zero-order chi connectivity index (χ0) is 5.40. The van der Waals surface area contributed by atoms with Crippen molar-refractivity contribution in [2.45, 2.75) is 0 Å². The highest BCUT2D eigenvalue weighted by Crippen LogP contribution is 2.14. The van der Waals surface area contributed by atoms with Crippen LogP contribution in [0.4, 0.5) is 0 Å². The van der Waals surface area contributed by atoms with E-state index >= 15 is 0 Å². The minimum absolute atomic E-state index is 1.21. The quantitative estimate of drug-likeness (QED) is 0.545. The van der Waals surface area contributed by atoms with E-state index in [1.54, 1.807) is 11.3 Å². The zero-order valence-corrected chi connectivity index (χ0v) is 4.96. The first-order valence-electron chi connectivity index (χ1n) is 2.39. The van der Waals surface area contributed by atoms with Crippen LogP contribution in [0.3, 0.4) is 0 Å². The van der Waals surface area contributed by atoms with Gasteiger partial charge in [-0.1, -0.05) is 0 Å². The van der Waals surface area contributed by atoms with Gasteiger partial charge in [0.05, 0.1) is 5.39 Å². The van der Waals surface area contributed by atoms with Crippen molar-refractivity contribution in [1.29, 1.82) is 0 Å². The summed E-state index contributed by atoms with van der Waals surface area (Å²) in [5.41, 5.74) is 0. The molecule has 2 heterocycles. The lowest BCUT2D eigenvalue weighted by Gasteiger charge is -1.58. The Morgan fingerprint density at radius 3 is 3.50 bits per heavy atom. The Hall–Kier alpha value is -0.830.